The first-order valence-corrected chi connectivity index (χ1v) is 9.68. The van der Waals surface area contributed by atoms with E-state index in [2.05, 4.69) is 10.6 Å². The summed E-state index contributed by atoms with van der Waals surface area (Å²) in [6.07, 6.45) is 6.10. The van der Waals surface area contributed by atoms with Gasteiger partial charge in [-0.1, -0.05) is 19.3 Å². The van der Waals surface area contributed by atoms with Crippen molar-refractivity contribution in [3.05, 3.63) is 29.8 Å². The van der Waals surface area contributed by atoms with Gasteiger partial charge in [-0.25, -0.2) is 9.59 Å². The van der Waals surface area contributed by atoms with Crippen LogP contribution in [0.5, 0.6) is 0 Å². The van der Waals surface area contributed by atoms with Crippen molar-refractivity contribution in [1.82, 2.24) is 10.6 Å². The van der Waals surface area contributed by atoms with Crippen LogP contribution in [0.1, 0.15) is 49.4 Å². The number of ether oxygens (including phenoxy) is 1. The number of thioether (sulfide) groups is 1. The van der Waals surface area contributed by atoms with Crippen molar-refractivity contribution in [2.24, 2.45) is 0 Å². The Morgan fingerprint density at radius 2 is 1.76 bits per heavy atom. The molecule has 0 aliphatic heterocycles. The Hall–Kier alpha value is -2.02. The Kier molecular flexibility index (Phi) is 7.31. The average Bonchev–Trinajstić information content (AvgIpc) is 2.62. The van der Waals surface area contributed by atoms with Crippen molar-refractivity contribution in [3.8, 4) is 0 Å². The van der Waals surface area contributed by atoms with Gasteiger partial charge in [-0.2, -0.15) is 0 Å². The normalized spacial score (nSPS) is 15.9. The third-order valence-corrected chi connectivity index (χ3v) is 4.90. The third-order valence-electron chi connectivity index (χ3n) is 4.16. The van der Waals surface area contributed by atoms with Crippen molar-refractivity contribution in [2.75, 3.05) is 6.26 Å². The lowest BCUT2D eigenvalue weighted by atomic mass is 9.96. The zero-order chi connectivity index (χ0) is 18.2. The Bertz CT molecular complexity index is 612. The molecule has 0 unspecified atom stereocenters. The number of imide groups is 1. The highest BCUT2D eigenvalue weighted by Gasteiger charge is 2.22. The Balaban J connectivity index is 1.80. The monoisotopic (exact) mass is 364 g/mol. The fraction of sp³-hybridized carbons (Fsp3) is 0.500. The molecule has 2 rings (SSSR count). The number of amides is 3. The van der Waals surface area contributed by atoms with Crippen LogP contribution < -0.4 is 10.6 Å². The molecule has 0 saturated heterocycles. The maximum Gasteiger partial charge on any atom is 0.338 e. The first-order chi connectivity index (χ1) is 12.0. The number of esters is 1. The largest absolute Gasteiger partial charge is 0.449 e. The molecule has 1 fully saturated rings. The molecular formula is C18H24N2O4S. The molecule has 136 valence electrons. The second kappa shape index (κ2) is 9.46. The van der Waals surface area contributed by atoms with Crippen LogP contribution in [0.4, 0.5) is 4.79 Å². The topological polar surface area (TPSA) is 84.5 Å². The number of carbonyl (C=O) groups excluding carboxylic acids is 3. The average molecular weight is 364 g/mol. The zero-order valence-corrected chi connectivity index (χ0v) is 15.4. The number of hydrogen-bond acceptors (Lipinski definition) is 5. The van der Waals surface area contributed by atoms with Gasteiger partial charge in [-0.3, -0.25) is 10.1 Å². The molecule has 1 atom stereocenters. The molecule has 6 nitrogen and oxygen atoms in total. The summed E-state index contributed by atoms with van der Waals surface area (Å²) in [6.45, 7) is 1.44. The number of carbonyl (C=O) groups is 3. The lowest BCUT2D eigenvalue weighted by Gasteiger charge is -2.23. The molecule has 1 aliphatic carbocycles. The lowest BCUT2D eigenvalue weighted by Crippen LogP contribution is -2.48. The quantitative estimate of drug-likeness (QED) is 0.619. The summed E-state index contributed by atoms with van der Waals surface area (Å²) in [4.78, 5) is 37.0. The predicted molar refractivity (Wildman–Crippen MR) is 96.6 cm³/mol. The van der Waals surface area contributed by atoms with Gasteiger partial charge in [0.1, 0.15) is 0 Å². The van der Waals surface area contributed by atoms with Gasteiger partial charge in [-0.15, -0.1) is 11.8 Å². The van der Waals surface area contributed by atoms with Crippen LogP contribution in [0.25, 0.3) is 0 Å². The molecule has 0 heterocycles. The van der Waals surface area contributed by atoms with Crippen LogP contribution in [0, 0.1) is 0 Å². The summed E-state index contributed by atoms with van der Waals surface area (Å²) in [5.74, 6) is -1.23. The van der Waals surface area contributed by atoms with E-state index in [-0.39, 0.29) is 6.04 Å². The van der Waals surface area contributed by atoms with E-state index in [4.69, 9.17) is 4.74 Å². The fourth-order valence-electron chi connectivity index (χ4n) is 2.69. The molecule has 0 radical (unpaired) electrons. The summed E-state index contributed by atoms with van der Waals surface area (Å²) in [7, 11) is 0. The van der Waals surface area contributed by atoms with Crippen LogP contribution >= 0.6 is 11.8 Å². The highest BCUT2D eigenvalue weighted by atomic mass is 32.2. The van der Waals surface area contributed by atoms with Gasteiger partial charge in [0.15, 0.2) is 6.10 Å². The van der Waals surface area contributed by atoms with Crippen LogP contribution in [0.3, 0.4) is 0 Å². The fourth-order valence-corrected chi connectivity index (χ4v) is 3.10. The van der Waals surface area contributed by atoms with Gasteiger partial charge in [-0.05, 0) is 50.3 Å². The zero-order valence-electron chi connectivity index (χ0n) is 14.5. The second-order valence-electron chi connectivity index (χ2n) is 6.07. The van der Waals surface area contributed by atoms with Crippen LogP contribution in [0.2, 0.25) is 0 Å². The summed E-state index contributed by atoms with van der Waals surface area (Å²) < 4.78 is 5.12. The number of rotatable bonds is 5. The van der Waals surface area contributed by atoms with Crippen molar-refractivity contribution >= 4 is 29.7 Å². The minimum absolute atomic E-state index is 0.106. The molecule has 1 aliphatic rings. The van der Waals surface area contributed by atoms with Gasteiger partial charge in [0.2, 0.25) is 0 Å². The van der Waals surface area contributed by atoms with Crippen molar-refractivity contribution in [1.29, 1.82) is 0 Å². The van der Waals surface area contributed by atoms with E-state index in [9.17, 15) is 14.4 Å². The molecule has 25 heavy (non-hydrogen) atoms. The second-order valence-corrected chi connectivity index (χ2v) is 6.95. The van der Waals surface area contributed by atoms with Gasteiger partial charge in [0.05, 0.1) is 5.56 Å². The molecule has 1 saturated carbocycles. The minimum Gasteiger partial charge on any atom is -0.449 e. The van der Waals surface area contributed by atoms with Gasteiger partial charge in [0, 0.05) is 10.9 Å². The van der Waals surface area contributed by atoms with Crippen molar-refractivity contribution in [2.45, 2.75) is 56.1 Å². The van der Waals surface area contributed by atoms with Gasteiger partial charge < -0.3 is 10.1 Å². The third kappa shape index (κ3) is 6.08. The van der Waals surface area contributed by atoms with E-state index in [0.29, 0.717) is 5.56 Å². The minimum atomic E-state index is -1.05. The summed E-state index contributed by atoms with van der Waals surface area (Å²) in [5, 5.41) is 5.02. The van der Waals surface area contributed by atoms with Crippen molar-refractivity contribution < 1.29 is 19.1 Å². The molecule has 0 spiro atoms. The lowest BCUT2D eigenvalue weighted by molar-refractivity contribution is -0.127. The van der Waals surface area contributed by atoms with E-state index in [1.165, 1.54) is 13.3 Å². The SMILES string of the molecule is CSc1ccc(C(=O)O[C@@H](C)C(=O)NC(=O)NC2CCCCC2)cc1. The van der Waals surface area contributed by atoms with E-state index in [1.807, 2.05) is 18.4 Å². The Morgan fingerprint density at radius 1 is 1.12 bits per heavy atom. The van der Waals surface area contributed by atoms with Crippen LogP contribution in [-0.4, -0.2) is 36.3 Å². The predicted octanol–water partition coefficient (Wildman–Crippen LogP) is 3.11. The standard InChI is InChI=1S/C18H24N2O4S/c1-12(24-17(22)13-8-10-15(25-2)11-9-13)16(21)20-18(23)19-14-6-4-3-5-7-14/h8-12,14H,3-7H2,1-2H3,(H2,19,20,21,23)/t12-/m0/s1. The Morgan fingerprint density at radius 3 is 2.36 bits per heavy atom. The van der Waals surface area contributed by atoms with E-state index in [1.54, 1.807) is 23.9 Å². The maximum absolute atomic E-state index is 12.1. The van der Waals surface area contributed by atoms with Crippen LogP contribution in [0.15, 0.2) is 29.2 Å². The smallest absolute Gasteiger partial charge is 0.338 e. The molecule has 0 bridgehead atoms. The maximum atomic E-state index is 12.1. The molecule has 3 amide bonds. The van der Waals surface area contributed by atoms with E-state index >= 15 is 0 Å². The summed E-state index contributed by atoms with van der Waals surface area (Å²) in [5.41, 5.74) is 0.365. The highest BCUT2D eigenvalue weighted by Crippen LogP contribution is 2.17. The summed E-state index contributed by atoms with van der Waals surface area (Å²) >= 11 is 1.57. The molecule has 0 aromatic heterocycles. The number of benzene rings is 1. The molecule has 7 heteroatoms. The van der Waals surface area contributed by atoms with E-state index < -0.39 is 24.0 Å². The van der Waals surface area contributed by atoms with Gasteiger partial charge >= 0.3 is 12.0 Å². The Labute approximate surface area is 152 Å². The molecule has 1 aromatic carbocycles. The highest BCUT2D eigenvalue weighted by molar-refractivity contribution is 7.98. The molecule has 2 N–H and O–H groups in total. The number of hydrogen-bond donors (Lipinski definition) is 2. The van der Waals surface area contributed by atoms with Crippen molar-refractivity contribution in [3.63, 3.8) is 0 Å². The molecule has 1 aromatic rings. The summed E-state index contributed by atoms with van der Waals surface area (Å²) in [6, 6.07) is 6.48. The first kappa shape index (κ1) is 19.3. The van der Waals surface area contributed by atoms with Crippen LogP contribution in [-0.2, 0) is 9.53 Å². The van der Waals surface area contributed by atoms with E-state index in [0.717, 1.165) is 30.6 Å². The van der Waals surface area contributed by atoms with Gasteiger partial charge in [0.25, 0.3) is 5.91 Å². The number of nitrogens with one attached hydrogen (secondary N) is 2. The number of urea groups is 1. The first-order valence-electron chi connectivity index (χ1n) is 8.46. The molecular weight excluding hydrogens is 340 g/mol.